The van der Waals surface area contributed by atoms with Crippen LogP contribution in [0.5, 0.6) is 5.88 Å². The van der Waals surface area contributed by atoms with Gasteiger partial charge in [-0.1, -0.05) is 11.6 Å². The van der Waals surface area contributed by atoms with Gasteiger partial charge < -0.3 is 19.0 Å². The van der Waals surface area contributed by atoms with Gasteiger partial charge in [0.05, 0.1) is 30.3 Å². The molecule has 1 aliphatic rings. The number of fused-ring (bicyclic) bond motifs is 1. The van der Waals surface area contributed by atoms with Gasteiger partial charge >= 0.3 is 0 Å². The summed E-state index contributed by atoms with van der Waals surface area (Å²) in [7, 11) is 0. The van der Waals surface area contributed by atoms with Crippen molar-refractivity contribution in [2.45, 2.75) is 47.1 Å². The molecule has 1 amide bonds. The van der Waals surface area contributed by atoms with Gasteiger partial charge in [0, 0.05) is 31.2 Å². The number of hydrogen-bond acceptors (Lipinski definition) is 8. The van der Waals surface area contributed by atoms with Crippen LogP contribution in [-0.2, 0) is 0 Å². The first-order valence-electron chi connectivity index (χ1n) is 12.3. The number of amides is 1. The van der Waals surface area contributed by atoms with Crippen LogP contribution in [0.3, 0.4) is 0 Å². The van der Waals surface area contributed by atoms with Gasteiger partial charge in [0.15, 0.2) is 0 Å². The number of furan rings is 1. The van der Waals surface area contributed by atoms with E-state index in [9.17, 15) is 4.79 Å². The number of nitrogens with zero attached hydrogens (tertiary/aromatic N) is 7. The van der Waals surface area contributed by atoms with Crippen LogP contribution in [0, 0.1) is 20.8 Å². The van der Waals surface area contributed by atoms with Gasteiger partial charge in [-0.25, -0.2) is 0 Å². The molecule has 36 heavy (non-hydrogen) atoms. The molecule has 0 aliphatic carbocycles. The van der Waals surface area contributed by atoms with Gasteiger partial charge in [0.25, 0.3) is 5.91 Å². The Morgan fingerprint density at radius 3 is 2.64 bits per heavy atom. The van der Waals surface area contributed by atoms with E-state index in [2.05, 4.69) is 22.0 Å². The zero-order valence-corrected chi connectivity index (χ0v) is 21.4. The molecule has 4 aromatic rings. The van der Waals surface area contributed by atoms with E-state index in [-0.39, 0.29) is 11.9 Å². The maximum absolute atomic E-state index is 13.8. The highest BCUT2D eigenvalue weighted by molar-refractivity contribution is 5.98. The van der Waals surface area contributed by atoms with Crippen LogP contribution >= 0.6 is 0 Å². The number of hydrogen-bond donors (Lipinski definition) is 0. The number of anilines is 1. The molecule has 0 unspecified atom stereocenters. The van der Waals surface area contributed by atoms with E-state index < -0.39 is 0 Å². The number of aryl methyl sites for hydroxylation is 3. The Labute approximate surface area is 209 Å². The van der Waals surface area contributed by atoms with Crippen molar-refractivity contribution in [3.05, 3.63) is 53.0 Å². The lowest BCUT2D eigenvalue weighted by atomic mass is 10.1. The lowest BCUT2D eigenvalue weighted by molar-refractivity contribution is 0.0704. The monoisotopic (exact) mass is 489 g/mol. The second-order valence-electron chi connectivity index (χ2n) is 9.19. The molecule has 1 saturated heterocycles. The van der Waals surface area contributed by atoms with Crippen molar-refractivity contribution in [3.63, 3.8) is 0 Å². The summed E-state index contributed by atoms with van der Waals surface area (Å²) < 4.78 is 11.8. The molecule has 10 nitrogen and oxygen atoms in total. The molecule has 0 N–H and O–H groups in total. The van der Waals surface area contributed by atoms with E-state index in [0.29, 0.717) is 55.0 Å². The van der Waals surface area contributed by atoms with Gasteiger partial charge in [-0.3, -0.25) is 4.79 Å². The Bertz CT molecular complexity index is 1400. The topological polar surface area (TPSA) is 102 Å². The van der Waals surface area contributed by atoms with Crippen molar-refractivity contribution in [2.75, 3.05) is 31.1 Å². The number of ether oxygens (including phenoxy) is 1. The van der Waals surface area contributed by atoms with E-state index in [1.165, 1.54) is 4.80 Å². The predicted molar refractivity (Wildman–Crippen MR) is 136 cm³/mol. The fourth-order valence-corrected chi connectivity index (χ4v) is 4.64. The van der Waals surface area contributed by atoms with Crippen molar-refractivity contribution in [2.24, 2.45) is 0 Å². The second-order valence-corrected chi connectivity index (χ2v) is 9.19. The van der Waals surface area contributed by atoms with Gasteiger partial charge in [-0.2, -0.15) is 25.0 Å². The van der Waals surface area contributed by atoms with Crippen LogP contribution in [0.4, 0.5) is 5.95 Å². The van der Waals surface area contributed by atoms with E-state index in [0.717, 1.165) is 28.7 Å². The summed E-state index contributed by atoms with van der Waals surface area (Å²) in [5.41, 5.74) is 3.78. The average molecular weight is 490 g/mol. The fourth-order valence-electron chi connectivity index (χ4n) is 4.64. The summed E-state index contributed by atoms with van der Waals surface area (Å²) in [6.45, 7) is 12.2. The van der Waals surface area contributed by atoms with Gasteiger partial charge in [0.2, 0.25) is 17.5 Å². The molecule has 1 fully saturated rings. The molecular weight excluding hydrogens is 458 g/mol. The lowest BCUT2D eigenvalue weighted by Gasteiger charge is -2.27. The second kappa shape index (κ2) is 9.60. The van der Waals surface area contributed by atoms with E-state index in [1.54, 1.807) is 12.4 Å². The van der Waals surface area contributed by atoms with Gasteiger partial charge in [-0.05, 0) is 53.2 Å². The van der Waals surface area contributed by atoms with Crippen molar-refractivity contribution >= 4 is 23.0 Å². The SMILES string of the molecule is CCOc1nc(N2CC[C@@H](C)N(C(=O)c3cc(C)ccc3-n3nccn3)CC2)nc2oc(C)c(C)c12. The van der Waals surface area contributed by atoms with Gasteiger partial charge in [0.1, 0.15) is 11.1 Å². The summed E-state index contributed by atoms with van der Waals surface area (Å²) in [6.07, 6.45) is 3.99. The van der Waals surface area contributed by atoms with Crippen molar-refractivity contribution in [1.29, 1.82) is 0 Å². The van der Waals surface area contributed by atoms with Crippen LogP contribution in [0.25, 0.3) is 16.8 Å². The number of carbonyl (C=O) groups excluding carboxylic acids is 1. The molecule has 0 saturated carbocycles. The molecule has 3 aromatic heterocycles. The molecule has 188 valence electrons. The summed E-state index contributed by atoms with van der Waals surface area (Å²) in [5, 5.41) is 9.29. The Morgan fingerprint density at radius 2 is 1.89 bits per heavy atom. The zero-order valence-electron chi connectivity index (χ0n) is 21.4. The zero-order chi connectivity index (χ0) is 25.4. The molecule has 0 bridgehead atoms. The Kier molecular flexibility index (Phi) is 6.34. The Balaban J connectivity index is 1.44. The average Bonchev–Trinajstić information content (AvgIpc) is 3.44. The molecule has 1 aromatic carbocycles. The molecular formula is C26H31N7O3. The first kappa shape index (κ1) is 23.8. The van der Waals surface area contributed by atoms with Gasteiger partial charge in [-0.15, -0.1) is 0 Å². The number of benzene rings is 1. The smallest absolute Gasteiger partial charge is 0.256 e. The molecule has 0 spiro atoms. The fraction of sp³-hybridized carbons (Fsp3) is 0.423. The molecule has 0 radical (unpaired) electrons. The van der Waals surface area contributed by atoms with Crippen LogP contribution in [-0.4, -0.2) is 68.1 Å². The highest BCUT2D eigenvalue weighted by atomic mass is 16.5. The largest absolute Gasteiger partial charge is 0.477 e. The third-order valence-corrected chi connectivity index (χ3v) is 6.78. The first-order chi connectivity index (χ1) is 17.4. The maximum Gasteiger partial charge on any atom is 0.256 e. The Hall–Kier alpha value is -3.95. The minimum Gasteiger partial charge on any atom is -0.477 e. The molecule has 1 aliphatic heterocycles. The van der Waals surface area contributed by atoms with E-state index >= 15 is 0 Å². The van der Waals surface area contributed by atoms with Crippen LogP contribution in [0.15, 0.2) is 35.0 Å². The molecule has 1 atom stereocenters. The van der Waals surface area contributed by atoms with E-state index in [1.807, 2.05) is 50.8 Å². The molecule has 5 rings (SSSR count). The predicted octanol–water partition coefficient (Wildman–Crippen LogP) is 3.87. The van der Waals surface area contributed by atoms with Crippen LogP contribution in [0.1, 0.15) is 47.5 Å². The quantitative estimate of drug-likeness (QED) is 0.416. The van der Waals surface area contributed by atoms with Crippen LogP contribution in [0.2, 0.25) is 0 Å². The molecule has 10 heteroatoms. The highest BCUT2D eigenvalue weighted by Crippen LogP contribution is 2.33. The minimum atomic E-state index is -0.0380. The summed E-state index contributed by atoms with van der Waals surface area (Å²) in [4.78, 5) is 28.8. The van der Waals surface area contributed by atoms with Crippen molar-refractivity contribution in [1.82, 2.24) is 29.9 Å². The maximum atomic E-state index is 13.8. The first-order valence-corrected chi connectivity index (χ1v) is 12.3. The van der Waals surface area contributed by atoms with Crippen LogP contribution < -0.4 is 9.64 Å². The number of carbonyl (C=O) groups is 1. The normalized spacial score (nSPS) is 16.4. The number of aromatic nitrogens is 5. The lowest BCUT2D eigenvalue weighted by Crippen LogP contribution is -2.40. The van der Waals surface area contributed by atoms with Crippen molar-refractivity contribution < 1.29 is 13.9 Å². The van der Waals surface area contributed by atoms with E-state index in [4.69, 9.17) is 19.1 Å². The highest BCUT2D eigenvalue weighted by Gasteiger charge is 2.29. The summed E-state index contributed by atoms with van der Waals surface area (Å²) in [6, 6.07) is 5.79. The summed E-state index contributed by atoms with van der Waals surface area (Å²) >= 11 is 0. The third-order valence-electron chi connectivity index (χ3n) is 6.78. The molecule has 4 heterocycles. The third kappa shape index (κ3) is 4.27. The number of rotatable bonds is 5. The van der Waals surface area contributed by atoms with Crippen molar-refractivity contribution in [3.8, 4) is 11.6 Å². The standard InChI is InChI=1S/C26H31N7O3/c1-6-35-23-22-18(4)19(5)36-24(22)30-26(29-23)31-12-9-17(3)32(14-13-31)25(34)20-15-16(2)7-8-21(20)33-27-10-11-28-33/h7-8,10-11,15,17H,6,9,12-14H2,1-5H3/t17-/m1/s1. The minimum absolute atomic E-state index is 0.0321. The Morgan fingerprint density at radius 1 is 1.11 bits per heavy atom. The summed E-state index contributed by atoms with van der Waals surface area (Å²) in [5.74, 6) is 1.86.